The van der Waals surface area contributed by atoms with Gasteiger partial charge in [0.25, 0.3) is 0 Å². The van der Waals surface area contributed by atoms with Crippen LogP contribution in [-0.2, 0) is 11.8 Å². The van der Waals surface area contributed by atoms with E-state index in [-0.39, 0.29) is 5.92 Å². The van der Waals surface area contributed by atoms with E-state index in [0.29, 0.717) is 11.9 Å². The van der Waals surface area contributed by atoms with Crippen molar-refractivity contribution in [2.24, 2.45) is 7.05 Å². The van der Waals surface area contributed by atoms with Gasteiger partial charge in [-0.1, -0.05) is 0 Å². The van der Waals surface area contributed by atoms with Gasteiger partial charge in [0.15, 0.2) is 6.61 Å². The van der Waals surface area contributed by atoms with Crippen molar-refractivity contribution < 1.29 is 31.8 Å². The van der Waals surface area contributed by atoms with E-state index in [1.165, 1.54) is 11.6 Å². The molecular formula is C19H21F4N3O4. The monoisotopic (exact) mass is 431 g/mol. The summed E-state index contributed by atoms with van der Waals surface area (Å²) in [6, 6.07) is 1.54. The van der Waals surface area contributed by atoms with Gasteiger partial charge in [-0.2, -0.15) is 17.9 Å². The average molecular weight is 431 g/mol. The number of hydrogen-bond donors (Lipinski definition) is 0. The van der Waals surface area contributed by atoms with Crippen molar-refractivity contribution in [2.45, 2.75) is 51.3 Å². The van der Waals surface area contributed by atoms with Crippen LogP contribution in [-0.4, -0.2) is 38.7 Å². The molecule has 1 fully saturated rings. The maximum absolute atomic E-state index is 14.8. The molecule has 0 atom stereocenters. The lowest BCUT2D eigenvalue weighted by Gasteiger charge is -2.21. The minimum Gasteiger partial charge on any atom is -0.483 e. The second-order valence-corrected chi connectivity index (χ2v) is 8.09. The number of benzene rings is 1. The molecule has 1 aromatic heterocycles. The van der Waals surface area contributed by atoms with Gasteiger partial charge in [0.05, 0.1) is 0 Å². The fraction of sp³-hybridized carbons (Fsp3) is 0.526. The molecule has 0 aliphatic heterocycles. The lowest BCUT2D eigenvalue weighted by molar-refractivity contribution is -0.153. The fourth-order valence-electron chi connectivity index (χ4n) is 2.78. The van der Waals surface area contributed by atoms with Gasteiger partial charge in [-0.05, 0) is 39.7 Å². The van der Waals surface area contributed by atoms with Crippen LogP contribution < -0.4 is 10.4 Å². The van der Waals surface area contributed by atoms with Crippen LogP contribution in [0.25, 0.3) is 5.69 Å². The third-order valence-corrected chi connectivity index (χ3v) is 4.24. The van der Waals surface area contributed by atoms with E-state index in [1.807, 2.05) is 0 Å². The summed E-state index contributed by atoms with van der Waals surface area (Å²) in [6.45, 7) is 2.95. The van der Waals surface area contributed by atoms with Crippen molar-refractivity contribution in [2.75, 3.05) is 6.61 Å². The Morgan fingerprint density at radius 3 is 2.40 bits per heavy atom. The van der Waals surface area contributed by atoms with Crippen molar-refractivity contribution >= 4 is 5.97 Å². The maximum atomic E-state index is 14.8. The highest BCUT2D eigenvalue weighted by Crippen LogP contribution is 2.38. The van der Waals surface area contributed by atoms with Gasteiger partial charge < -0.3 is 9.47 Å². The van der Waals surface area contributed by atoms with Gasteiger partial charge in [-0.15, -0.1) is 5.10 Å². The second kappa shape index (κ2) is 7.44. The zero-order valence-electron chi connectivity index (χ0n) is 16.8. The minimum absolute atomic E-state index is 0.0778. The molecule has 0 bridgehead atoms. The van der Waals surface area contributed by atoms with Crippen molar-refractivity contribution in [1.82, 2.24) is 14.3 Å². The highest BCUT2D eigenvalue weighted by molar-refractivity contribution is 5.93. The first kappa shape index (κ1) is 21.8. The largest absolute Gasteiger partial charge is 0.483 e. The Hall–Kier alpha value is -2.85. The number of nitrogens with zero attached hydrogens (tertiary/aromatic N) is 3. The standard InChI is InChI=1S/C19H21F4N3O4/c1-18(2,3)30-16(27)11-7-12(20)13(8-14(11)29-9-19(21,22)23)26-17(28)25(4)15(24-26)10-5-6-10/h7-8,10H,5-6,9H2,1-4H3. The van der Waals surface area contributed by atoms with Crippen LogP contribution in [0.15, 0.2) is 16.9 Å². The number of carbonyl (C=O) groups excluding carboxylic acids is 1. The number of aromatic nitrogens is 3. The van der Waals surface area contributed by atoms with Gasteiger partial charge in [0, 0.05) is 19.0 Å². The summed E-state index contributed by atoms with van der Waals surface area (Å²) in [6.07, 6.45) is -3.02. The highest BCUT2D eigenvalue weighted by Gasteiger charge is 2.33. The summed E-state index contributed by atoms with van der Waals surface area (Å²) in [5.74, 6) is -2.12. The van der Waals surface area contributed by atoms with Gasteiger partial charge in [-0.3, -0.25) is 4.57 Å². The molecule has 0 N–H and O–H groups in total. The Bertz CT molecular complexity index is 1030. The van der Waals surface area contributed by atoms with Crippen molar-refractivity contribution in [1.29, 1.82) is 0 Å². The number of hydrogen-bond acceptors (Lipinski definition) is 5. The van der Waals surface area contributed by atoms with Crippen LogP contribution >= 0.6 is 0 Å². The first-order valence-corrected chi connectivity index (χ1v) is 9.19. The summed E-state index contributed by atoms with van der Waals surface area (Å²) in [4.78, 5) is 24.9. The van der Waals surface area contributed by atoms with E-state index in [2.05, 4.69) is 5.10 Å². The predicted molar refractivity (Wildman–Crippen MR) is 97.5 cm³/mol. The fourth-order valence-corrected chi connectivity index (χ4v) is 2.78. The van der Waals surface area contributed by atoms with Crippen LogP contribution in [0, 0.1) is 5.82 Å². The molecule has 7 nitrogen and oxygen atoms in total. The zero-order chi connectivity index (χ0) is 22.4. The second-order valence-electron chi connectivity index (χ2n) is 8.09. The smallest absolute Gasteiger partial charge is 0.422 e. The quantitative estimate of drug-likeness (QED) is 0.535. The third kappa shape index (κ3) is 4.82. The number of carbonyl (C=O) groups is 1. The number of alkyl halides is 3. The van der Waals surface area contributed by atoms with E-state index in [1.54, 1.807) is 20.8 Å². The topological polar surface area (TPSA) is 75.3 Å². The first-order valence-electron chi connectivity index (χ1n) is 9.19. The van der Waals surface area contributed by atoms with Crippen LogP contribution in [0.5, 0.6) is 5.75 Å². The SMILES string of the molecule is Cn1c(C2CC2)nn(-c2cc(OCC(F)(F)F)c(C(=O)OC(C)(C)C)cc2F)c1=O. The molecular weight excluding hydrogens is 410 g/mol. The lowest BCUT2D eigenvalue weighted by atomic mass is 10.1. The van der Waals surface area contributed by atoms with Crippen LogP contribution in [0.3, 0.4) is 0 Å². The molecule has 1 saturated carbocycles. The van der Waals surface area contributed by atoms with Gasteiger partial charge in [-0.25, -0.2) is 14.0 Å². The molecule has 164 valence electrons. The highest BCUT2D eigenvalue weighted by atomic mass is 19.4. The molecule has 2 aromatic rings. The summed E-state index contributed by atoms with van der Waals surface area (Å²) in [5.41, 5.74) is -2.58. The number of esters is 1. The molecule has 30 heavy (non-hydrogen) atoms. The number of halogens is 4. The Balaban J connectivity index is 2.08. The minimum atomic E-state index is -4.69. The molecule has 0 unspecified atom stereocenters. The van der Waals surface area contributed by atoms with Crippen molar-refractivity contribution in [3.8, 4) is 11.4 Å². The Kier molecular flexibility index (Phi) is 5.42. The lowest BCUT2D eigenvalue weighted by Crippen LogP contribution is -2.26. The molecule has 0 radical (unpaired) electrons. The van der Waals surface area contributed by atoms with Gasteiger partial charge in [0.1, 0.15) is 34.2 Å². The average Bonchev–Trinajstić information content (AvgIpc) is 3.39. The van der Waals surface area contributed by atoms with Gasteiger partial charge >= 0.3 is 17.8 Å². The molecule has 1 aromatic carbocycles. The molecule has 0 saturated heterocycles. The van der Waals surface area contributed by atoms with E-state index >= 15 is 0 Å². The molecule has 11 heteroatoms. The van der Waals surface area contributed by atoms with Crippen molar-refractivity contribution in [3.05, 3.63) is 39.8 Å². The van der Waals surface area contributed by atoms with Crippen LogP contribution in [0.1, 0.15) is 55.7 Å². The zero-order valence-corrected chi connectivity index (χ0v) is 16.8. The number of ether oxygens (including phenoxy) is 2. The normalized spacial score (nSPS) is 14.7. The van der Waals surface area contributed by atoms with E-state index in [4.69, 9.17) is 9.47 Å². The molecule has 0 amide bonds. The third-order valence-electron chi connectivity index (χ3n) is 4.24. The predicted octanol–water partition coefficient (Wildman–Crippen LogP) is 3.48. The van der Waals surface area contributed by atoms with E-state index < -0.39 is 52.9 Å². The summed E-state index contributed by atoms with van der Waals surface area (Å²) in [5, 5.41) is 4.12. The molecule has 1 aliphatic carbocycles. The Labute approximate surface area is 169 Å². The Morgan fingerprint density at radius 1 is 1.23 bits per heavy atom. The van der Waals surface area contributed by atoms with Crippen LogP contribution in [0.2, 0.25) is 0 Å². The summed E-state index contributed by atoms with van der Waals surface area (Å²) in [7, 11) is 1.48. The van der Waals surface area contributed by atoms with Crippen molar-refractivity contribution in [3.63, 3.8) is 0 Å². The number of rotatable bonds is 5. The molecule has 0 spiro atoms. The van der Waals surface area contributed by atoms with Crippen LogP contribution in [0.4, 0.5) is 17.6 Å². The molecule has 1 aliphatic rings. The molecule has 3 rings (SSSR count). The summed E-state index contributed by atoms with van der Waals surface area (Å²) < 4.78 is 64.7. The van der Waals surface area contributed by atoms with E-state index in [0.717, 1.165) is 23.6 Å². The maximum Gasteiger partial charge on any atom is 0.422 e. The van der Waals surface area contributed by atoms with Gasteiger partial charge in [0.2, 0.25) is 0 Å². The summed E-state index contributed by atoms with van der Waals surface area (Å²) >= 11 is 0. The Morgan fingerprint density at radius 2 is 1.87 bits per heavy atom. The first-order chi connectivity index (χ1) is 13.8. The molecule has 1 heterocycles. The van der Waals surface area contributed by atoms with E-state index in [9.17, 15) is 27.2 Å².